The van der Waals surface area contributed by atoms with Gasteiger partial charge in [0.15, 0.2) is 0 Å². The quantitative estimate of drug-likeness (QED) is 0.517. The first-order chi connectivity index (χ1) is 9.84. The summed E-state index contributed by atoms with van der Waals surface area (Å²) in [4.78, 5) is 23.1. The van der Waals surface area contributed by atoms with Gasteiger partial charge in [-0.15, -0.1) is 0 Å². The summed E-state index contributed by atoms with van der Waals surface area (Å²) in [6.07, 6.45) is -0.0544. The van der Waals surface area contributed by atoms with E-state index >= 15 is 0 Å². The van der Waals surface area contributed by atoms with Crippen LogP contribution in [0, 0.1) is 0 Å². The lowest BCUT2D eigenvalue weighted by molar-refractivity contribution is 0.138. The average molecular weight is 313 g/mol. The minimum atomic E-state index is -0.857. The Kier molecular flexibility index (Phi) is 4.27. The number of fused-ring (bicyclic) bond motifs is 1. The lowest BCUT2D eigenvalue weighted by Gasteiger charge is -2.23. The van der Waals surface area contributed by atoms with Crippen molar-refractivity contribution in [1.82, 2.24) is 5.43 Å². The maximum Gasteiger partial charge on any atom is 0.426 e. The molecule has 0 aliphatic carbocycles. The lowest BCUT2D eigenvalue weighted by atomic mass is 10.0. The zero-order chi connectivity index (χ0) is 15.6. The van der Waals surface area contributed by atoms with Crippen LogP contribution in [0.3, 0.4) is 0 Å². The molecule has 1 heterocycles. The third-order valence-corrected chi connectivity index (χ3v) is 3.13. The van der Waals surface area contributed by atoms with Crippen LogP contribution in [-0.4, -0.2) is 23.7 Å². The number of anilines is 1. The highest BCUT2D eigenvalue weighted by atomic mass is 35.5. The number of para-hydroxylation sites is 1. The zero-order valence-corrected chi connectivity index (χ0v) is 12.9. The topological polar surface area (TPSA) is 67.9 Å². The van der Waals surface area contributed by atoms with Crippen molar-refractivity contribution in [2.75, 3.05) is 11.6 Å². The molecular weight excluding hydrogens is 296 g/mol. The van der Waals surface area contributed by atoms with Crippen LogP contribution in [0.25, 0.3) is 0 Å². The van der Waals surface area contributed by atoms with Crippen LogP contribution in [0.4, 0.5) is 15.3 Å². The molecule has 21 heavy (non-hydrogen) atoms. The summed E-state index contributed by atoms with van der Waals surface area (Å²) in [5, 5.41) is 0.0597. The Balaban J connectivity index is 2.33. The number of nitrogens with zero attached hydrogens (tertiary/aromatic N) is 1. The van der Waals surface area contributed by atoms with Crippen LogP contribution in [0.1, 0.15) is 26.3 Å². The molecule has 1 aromatic carbocycles. The highest BCUT2D eigenvalue weighted by Crippen LogP contribution is 2.41. The van der Waals surface area contributed by atoms with E-state index in [0.29, 0.717) is 17.9 Å². The number of nitrogens with one attached hydrogen (secondary N) is 1. The van der Waals surface area contributed by atoms with Gasteiger partial charge in [0.05, 0.1) is 6.61 Å². The first-order valence-electron chi connectivity index (χ1n) is 6.58. The molecule has 0 atom stereocenters. The summed E-state index contributed by atoms with van der Waals surface area (Å²) in [5.74, 6) is 0.535. The van der Waals surface area contributed by atoms with E-state index in [1.807, 2.05) is 19.9 Å². The first kappa shape index (κ1) is 15.4. The minimum absolute atomic E-state index is 0.187. The van der Waals surface area contributed by atoms with Crippen LogP contribution in [-0.2, 0) is 11.2 Å². The SMILES string of the molecule is CCOC(=O)NN(C(=O)Cl)c1cccc2c1OC(C)(C)C2. The van der Waals surface area contributed by atoms with Crippen molar-refractivity contribution in [3.05, 3.63) is 23.8 Å². The minimum Gasteiger partial charge on any atom is -0.485 e. The van der Waals surface area contributed by atoms with Crippen molar-refractivity contribution in [3.63, 3.8) is 0 Å². The summed E-state index contributed by atoms with van der Waals surface area (Å²) in [6, 6.07) is 5.33. The number of hydrogen-bond donors (Lipinski definition) is 1. The van der Waals surface area contributed by atoms with Gasteiger partial charge in [0, 0.05) is 12.0 Å². The molecule has 6 nitrogen and oxygen atoms in total. The van der Waals surface area contributed by atoms with E-state index in [4.69, 9.17) is 21.1 Å². The van der Waals surface area contributed by atoms with E-state index in [1.54, 1.807) is 19.1 Å². The molecule has 0 saturated heterocycles. The van der Waals surface area contributed by atoms with E-state index in [9.17, 15) is 9.59 Å². The van der Waals surface area contributed by atoms with Crippen LogP contribution in [0.5, 0.6) is 5.75 Å². The van der Waals surface area contributed by atoms with E-state index < -0.39 is 11.5 Å². The van der Waals surface area contributed by atoms with Gasteiger partial charge in [-0.3, -0.25) is 4.79 Å². The second-order valence-electron chi connectivity index (χ2n) is 5.22. The molecule has 0 fully saturated rings. The Morgan fingerprint density at radius 1 is 1.48 bits per heavy atom. The molecule has 0 aromatic heterocycles. The van der Waals surface area contributed by atoms with Gasteiger partial charge >= 0.3 is 11.5 Å². The van der Waals surface area contributed by atoms with Gasteiger partial charge in [0.25, 0.3) is 0 Å². The largest absolute Gasteiger partial charge is 0.485 e. The monoisotopic (exact) mass is 312 g/mol. The van der Waals surface area contributed by atoms with Crippen molar-refractivity contribution >= 4 is 28.7 Å². The van der Waals surface area contributed by atoms with Crippen LogP contribution < -0.4 is 15.2 Å². The Bertz CT molecular complexity index is 574. The lowest BCUT2D eigenvalue weighted by Crippen LogP contribution is -2.44. The number of benzene rings is 1. The van der Waals surface area contributed by atoms with E-state index in [2.05, 4.69) is 5.43 Å². The standard InChI is InChI=1S/C14H17ClN2O4/c1-4-20-13(19)16-17(12(15)18)10-7-5-6-9-8-14(2,3)21-11(9)10/h5-7H,4,8H2,1-3H3,(H,16,19). The second-order valence-corrected chi connectivity index (χ2v) is 5.55. The normalized spacial score (nSPS) is 14.9. The molecule has 0 unspecified atom stereocenters. The molecule has 2 rings (SSSR count). The van der Waals surface area contributed by atoms with Crippen molar-refractivity contribution in [2.45, 2.75) is 32.8 Å². The fourth-order valence-electron chi connectivity index (χ4n) is 2.23. The molecule has 1 N–H and O–H groups in total. The van der Waals surface area contributed by atoms with Crippen molar-refractivity contribution in [1.29, 1.82) is 0 Å². The van der Waals surface area contributed by atoms with Gasteiger partial charge in [0.2, 0.25) is 0 Å². The molecule has 1 aliphatic rings. The van der Waals surface area contributed by atoms with E-state index in [0.717, 1.165) is 10.6 Å². The molecule has 2 amide bonds. The predicted molar refractivity (Wildman–Crippen MR) is 78.7 cm³/mol. The van der Waals surface area contributed by atoms with Gasteiger partial charge < -0.3 is 9.47 Å². The summed E-state index contributed by atoms with van der Waals surface area (Å²) < 4.78 is 10.6. The molecule has 0 bridgehead atoms. The molecule has 7 heteroatoms. The molecule has 0 saturated carbocycles. The van der Waals surface area contributed by atoms with Gasteiger partial charge in [-0.2, -0.15) is 0 Å². The summed E-state index contributed by atoms with van der Waals surface area (Å²) in [5.41, 5.74) is 3.26. The van der Waals surface area contributed by atoms with E-state index in [1.165, 1.54) is 0 Å². The number of amides is 2. The van der Waals surface area contributed by atoms with Gasteiger partial charge in [0.1, 0.15) is 17.0 Å². The van der Waals surface area contributed by atoms with Gasteiger partial charge in [-0.25, -0.2) is 15.2 Å². The summed E-state index contributed by atoms with van der Waals surface area (Å²) >= 11 is 5.56. The van der Waals surface area contributed by atoms with Crippen LogP contribution in [0.2, 0.25) is 0 Å². The third-order valence-electron chi connectivity index (χ3n) is 2.97. The Morgan fingerprint density at radius 3 is 2.81 bits per heavy atom. The number of halogens is 1. The summed E-state index contributed by atoms with van der Waals surface area (Å²) in [6.45, 7) is 5.75. The third kappa shape index (κ3) is 3.39. The van der Waals surface area contributed by atoms with Crippen molar-refractivity contribution in [3.8, 4) is 5.75 Å². The Morgan fingerprint density at radius 2 is 2.19 bits per heavy atom. The number of ether oxygens (including phenoxy) is 2. The first-order valence-corrected chi connectivity index (χ1v) is 6.96. The number of hydrogen-bond acceptors (Lipinski definition) is 4. The maximum atomic E-state index is 11.6. The van der Waals surface area contributed by atoms with Crippen molar-refractivity contribution < 1.29 is 19.1 Å². The van der Waals surface area contributed by atoms with Gasteiger partial charge in [-0.1, -0.05) is 12.1 Å². The van der Waals surface area contributed by atoms with Crippen molar-refractivity contribution in [2.24, 2.45) is 0 Å². The maximum absolute atomic E-state index is 11.6. The molecule has 1 aromatic rings. The van der Waals surface area contributed by atoms with Crippen LogP contribution in [0.15, 0.2) is 18.2 Å². The summed E-state index contributed by atoms with van der Waals surface area (Å²) in [7, 11) is 0. The Hall–Kier alpha value is -1.95. The molecule has 0 spiro atoms. The number of carbonyl (C=O) groups excluding carboxylic acids is 2. The molecular formula is C14H17ClN2O4. The van der Waals surface area contributed by atoms with Gasteiger partial charge in [-0.05, 0) is 38.4 Å². The molecule has 1 aliphatic heterocycles. The number of rotatable bonds is 2. The molecule has 114 valence electrons. The molecule has 0 radical (unpaired) electrons. The highest BCUT2D eigenvalue weighted by Gasteiger charge is 2.34. The fraction of sp³-hybridized carbons (Fsp3) is 0.429. The van der Waals surface area contributed by atoms with Crippen LogP contribution >= 0.6 is 11.6 Å². The van der Waals surface area contributed by atoms with E-state index in [-0.39, 0.29) is 12.2 Å². The number of carbonyl (C=O) groups is 2. The smallest absolute Gasteiger partial charge is 0.426 e. The fourth-order valence-corrected chi connectivity index (χ4v) is 2.36. The average Bonchev–Trinajstić information content (AvgIpc) is 2.69. The number of hydrazine groups is 1. The highest BCUT2D eigenvalue weighted by molar-refractivity contribution is 6.66. The second kappa shape index (κ2) is 5.81. The Labute approximate surface area is 127 Å². The predicted octanol–water partition coefficient (Wildman–Crippen LogP) is 3.23. The zero-order valence-electron chi connectivity index (χ0n) is 12.1.